The summed E-state index contributed by atoms with van der Waals surface area (Å²) in [4.78, 5) is 12.9. The number of hydrogen-bond donors (Lipinski definition) is 2. The van der Waals surface area contributed by atoms with E-state index in [-0.39, 0.29) is 12.1 Å². The molecule has 0 spiro atoms. The molecule has 0 saturated heterocycles. The second-order valence-corrected chi connectivity index (χ2v) is 7.77. The van der Waals surface area contributed by atoms with Crippen LogP contribution in [0.25, 0.3) is 0 Å². The van der Waals surface area contributed by atoms with Crippen LogP contribution in [-0.4, -0.2) is 24.3 Å². The molecule has 0 aliphatic carbocycles. The zero-order valence-electron chi connectivity index (χ0n) is 13.9. The van der Waals surface area contributed by atoms with Gasteiger partial charge in [-0.2, -0.15) is 0 Å². The van der Waals surface area contributed by atoms with Gasteiger partial charge in [-0.3, -0.25) is 0 Å². The van der Waals surface area contributed by atoms with Crippen LogP contribution in [0.3, 0.4) is 0 Å². The molecular weight excluding hydrogens is 320 g/mol. The number of thiophene rings is 1. The summed E-state index contributed by atoms with van der Waals surface area (Å²) in [7, 11) is 0. The van der Waals surface area contributed by atoms with Gasteiger partial charge >= 0.3 is 6.09 Å². The largest absolute Gasteiger partial charge is 0.444 e. The molecule has 6 heteroatoms. The topological polar surface area (TPSA) is 50.4 Å². The van der Waals surface area contributed by atoms with Gasteiger partial charge in [-0.1, -0.05) is 31.4 Å². The van der Waals surface area contributed by atoms with Crippen LogP contribution in [0.2, 0.25) is 5.02 Å². The maximum Gasteiger partial charge on any atom is 0.407 e. The quantitative estimate of drug-likeness (QED) is 0.724. The fourth-order valence-electron chi connectivity index (χ4n) is 1.94. The Morgan fingerprint density at radius 3 is 2.73 bits per heavy atom. The average molecular weight is 347 g/mol. The van der Waals surface area contributed by atoms with Gasteiger partial charge in [0.05, 0.1) is 5.02 Å². The van der Waals surface area contributed by atoms with Crippen LogP contribution in [0.5, 0.6) is 0 Å². The van der Waals surface area contributed by atoms with Gasteiger partial charge in [0, 0.05) is 29.4 Å². The smallest absolute Gasteiger partial charge is 0.407 e. The van der Waals surface area contributed by atoms with Gasteiger partial charge in [-0.15, -0.1) is 11.3 Å². The minimum atomic E-state index is -0.468. The van der Waals surface area contributed by atoms with E-state index in [4.69, 9.17) is 16.3 Å². The molecule has 0 fully saturated rings. The molecule has 1 aromatic heterocycles. The van der Waals surface area contributed by atoms with Crippen molar-refractivity contribution < 1.29 is 9.53 Å². The number of hydrogen-bond acceptors (Lipinski definition) is 4. The van der Waals surface area contributed by atoms with E-state index in [2.05, 4.69) is 17.6 Å². The van der Waals surface area contributed by atoms with Gasteiger partial charge in [0.2, 0.25) is 0 Å². The van der Waals surface area contributed by atoms with Crippen molar-refractivity contribution in [2.24, 2.45) is 0 Å². The highest BCUT2D eigenvalue weighted by Crippen LogP contribution is 2.19. The van der Waals surface area contributed by atoms with Crippen LogP contribution in [-0.2, 0) is 11.3 Å². The van der Waals surface area contributed by atoms with Crippen molar-refractivity contribution in [3.63, 3.8) is 0 Å². The number of alkyl carbamates (subject to hydrolysis) is 1. The lowest BCUT2D eigenvalue weighted by molar-refractivity contribution is 0.0521. The molecule has 1 atom stereocenters. The van der Waals surface area contributed by atoms with Gasteiger partial charge in [-0.05, 0) is 33.3 Å². The third kappa shape index (κ3) is 8.61. The first-order valence-corrected chi connectivity index (χ1v) is 8.99. The van der Waals surface area contributed by atoms with Gasteiger partial charge in [0.25, 0.3) is 0 Å². The highest BCUT2D eigenvalue weighted by molar-refractivity contribution is 7.10. The molecule has 1 heterocycles. The number of rotatable bonds is 8. The number of nitrogens with one attached hydrogen (secondary N) is 2. The summed E-state index contributed by atoms with van der Waals surface area (Å²) >= 11 is 7.57. The summed E-state index contributed by atoms with van der Waals surface area (Å²) in [5.41, 5.74) is -0.468. The van der Waals surface area contributed by atoms with E-state index in [1.807, 2.05) is 32.2 Å². The number of carbonyl (C=O) groups is 1. The van der Waals surface area contributed by atoms with Crippen molar-refractivity contribution in [1.82, 2.24) is 10.6 Å². The second kappa shape index (κ2) is 9.38. The molecule has 0 saturated carbocycles. The maximum absolute atomic E-state index is 11.7. The highest BCUT2D eigenvalue weighted by atomic mass is 35.5. The first-order valence-electron chi connectivity index (χ1n) is 7.73. The molecular formula is C16H27ClN2O2S. The van der Waals surface area contributed by atoms with E-state index >= 15 is 0 Å². The summed E-state index contributed by atoms with van der Waals surface area (Å²) in [6.45, 7) is 9.08. The first kappa shape index (κ1) is 19.3. The Hall–Kier alpha value is -0.780. The fourth-order valence-corrected chi connectivity index (χ4v) is 2.96. The molecule has 0 aliphatic rings. The Bertz CT molecular complexity index is 457. The van der Waals surface area contributed by atoms with Gasteiger partial charge in [-0.25, -0.2) is 4.79 Å². The molecule has 22 heavy (non-hydrogen) atoms. The van der Waals surface area contributed by atoms with E-state index in [1.165, 1.54) is 4.88 Å². The van der Waals surface area contributed by atoms with Crippen LogP contribution in [0.15, 0.2) is 11.4 Å². The van der Waals surface area contributed by atoms with Crippen LogP contribution in [0.1, 0.15) is 51.8 Å². The van der Waals surface area contributed by atoms with Crippen molar-refractivity contribution in [1.29, 1.82) is 0 Å². The molecule has 0 aromatic carbocycles. The number of halogens is 1. The minimum absolute atomic E-state index is 0.230. The van der Waals surface area contributed by atoms with E-state index in [1.54, 1.807) is 11.3 Å². The van der Waals surface area contributed by atoms with Gasteiger partial charge in [0.15, 0.2) is 0 Å². The van der Waals surface area contributed by atoms with E-state index in [0.717, 1.165) is 30.8 Å². The Morgan fingerprint density at radius 1 is 1.45 bits per heavy atom. The standard InChI is InChI=1S/C16H27ClN2O2S/c1-5-6-7-13(9-19-15(20)21-16(2,3)4)18-10-14-8-12(17)11-22-14/h8,11,13,18H,5-7,9-10H2,1-4H3,(H,19,20). The van der Waals surface area contributed by atoms with E-state index in [0.29, 0.717) is 6.54 Å². The lowest BCUT2D eigenvalue weighted by Crippen LogP contribution is -2.42. The number of unbranched alkanes of at least 4 members (excludes halogenated alkanes) is 1. The Labute approximate surface area is 142 Å². The lowest BCUT2D eigenvalue weighted by Gasteiger charge is -2.22. The molecule has 1 amide bonds. The predicted octanol–water partition coefficient (Wildman–Crippen LogP) is 4.57. The first-order chi connectivity index (χ1) is 10.3. The average Bonchev–Trinajstić information content (AvgIpc) is 2.81. The normalized spacial score (nSPS) is 13.0. The predicted molar refractivity (Wildman–Crippen MR) is 93.7 cm³/mol. The monoisotopic (exact) mass is 346 g/mol. The van der Waals surface area contributed by atoms with Crippen molar-refractivity contribution >= 4 is 29.0 Å². The van der Waals surface area contributed by atoms with Gasteiger partial charge in [0.1, 0.15) is 5.60 Å². The van der Waals surface area contributed by atoms with E-state index in [9.17, 15) is 4.79 Å². The minimum Gasteiger partial charge on any atom is -0.444 e. The van der Waals surface area contributed by atoms with Crippen LogP contribution >= 0.6 is 22.9 Å². The second-order valence-electron chi connectivity index (χ2n) is 6.33. The molecule has 4 nitrogen and oxygen atoms in total. The summed E-state index contributed by atoms with van der Waals surface area (Å²) in [6, 6.07) is 2.20. The molecule has 1 aromatic rings. The zero-order chi connectivity index (χ0) is 16.6. The molecule has 1 unspecified atom stereocenters. The fraction of sp³-hybridized carbons (Fsp3) is 0.688. The molecule has 0 radical (unpaired) electrons. The lowest BCUT2D eigenvalue weighted by atomic mass is 10.1. The molecule has 1 rings (SSSR count). The third-order valence-electron chi connectivity index (χ3n) is 2.98. The van der Waals surface area contributed by atoms with Crippen molar-refractivity contribution in [3.05, 3.63) is 21.3 Å². The molecule has 0 bridgehead atoms. The Morgan fingerprint density at radius 2 is 2.18 bits per heavy atom. The Kier molecular flexibility index (Phi) is 8.21. The summed E-state index contributed by atoms with van der Waals surface area (Å²) in [6.07, 6.45) is 2.91. The van der Waals surface area contributed by atoms with Crippen molar-refractivity contribution in [2.45, 2.75) is 65.1 Å². The van der Waals surface area contributed by atoms with Crippen molar-refractivity contribution in [2.75, 3.05) is 6.54 Å². The van der Waals surface area contributed by atoms with Gasteiger partial charge < -0.3 is 15.4 Å². The highest BCUT2D eigenvalue weighted by Gasteiger charge is 2.17. The third-order valence-corrected chi connectivity index (χ3v) is 4.27. The zero-order valence-corrected chi connectivity index (χ0v) is 15.4. The number of ether oxygens (including phenoxy) is 1. The van der Waals surface area contributed by atoms with Crippen LogP contribution in [0, 0.1) is 0 Å². The molecule has 0 aliphatic heterocycles. The Balaban J connectivity index is 2.41. The van der Waals surface area contributed by atoms with Crippen molar-refractivity contribution in [3.8, 4) is 0 Å². The molecule has 2 N–H and O–H groups in total. The maximum atomic E-state index is 11.7. The summed E-state index contributed by atoms with van der Waals surface area (Å²) in [5.74, 6) is 0. The van der Waals surface area contributed by atoms with E-state index < -0.39 is 5.60 Å². The molecule has 126 valence electrons. The SMILES string of the molecule is CCCCC(CNC(=O)OC(C)(C)C)NCc1cc(Cl)cs1. The number of carbonyl (C=O) groups excluding carboxylic acids is 1. The summed E-state index contributed by atoms with van der Waals surface area (Å²) in [5, 5.41) is 9.03. The summed E-state index contributed by atoms with van der Waals surface area (Å²) < 4.78 is 5.27. The van der Waals surface area contributed by atoms with Crippen LogP contribution < -0.4 is 10.6 Å². The van der Waals surface area contributed by atoms with Crippen LogP contribution in [0.4, 0.5) is 4.79 Å². The number of amides is 1.